The second kappa shape index (κ2) is 6.37. The molecule has 22 heavy (non-hydrogen) atoms. The summed E-state index contributed by atoms with van der Waals surface area (Å²) in [4.78, 5) is 15.8. The summed E-state index contributed by atoms with van der Waals surface area (Å²) in [5, 5.41) is 4.42. The Morgan fingerprint density at radius 2 is 2.05 bits per heavy atom. The van der Waals surface area contributed by atoms with Gasteiger partial charge in [-0.1, -0.05) is 6.92 Å². The number of aryl methyl sites for hydroxylation is 1. The molecule has 114 valence electrons. The standard InChI is InChI=1S/C16H19N5S/c1-3-12-8-13-15(19-9-10(2)17)20-14(21-16(13)22-12)11-4-6-18-7-5-11/h4-8,10H,3,9,17H2,1-2H3,(H,19,20,21)/t10-/m1/s1. The van der Waals surface area contributed by atoms with Gasteiger partial charge in [0, 0.05) is 35.4 Å². The van der Waals surface area contributed by atoms with Crippen LogP contribution in [0.3, 0.4) is 0 Å². The Morgan fingerprint density at radius 1 is 1.27 bits per heavy atom. The smallest absolute Gasteiger partial charge is 0.163 e. The summed E-state index contributed by atoms with van der Waals surface area (Å²) < 4.78 is 0. The maximum absolute atomic E-state index is 5.85. The fraction of sp³-hybridized carbons (Fsp3) is 0.312. The van der Waals surface area contributed by atoms with Crippen LogP contribution in [0, 0.1) is 0 Å². The van der Waals surface area contributed by atoms with Crippen LogP contribution in [-0.2, 0) is 6.42 Å². The second-order valence-electron chi connectivity index (χ2n) is 5.27. The van der Waals surface area contributed by atoms with Gasteiger partial charge < -0.3 is 11.1 Å². The highest BCUT2D eigenvalue weighted by Gasteiger charge is 2.12. The van der Waals surface area contributed by atoms with E-state index < -0.39 is 0 Å². The summed E-state index contributed by atoms with van der Waals surface area (Å²) in [6, 6.07) is 6.08. The highest BCUT2D eigenvalue weighted by Crippen LogP contribution is 2.31. The van der Waals surface area contributed by atoms with Gasteiger partial charge in [-0.15, -0.1) is 11.3 Å². The number of hydrogen-bond acceptors (Lipinski definition) is 6. The van der Waals surface area contributed by atoms with Crippen LogP contribution in [0.5, 0.6) is 0 Å². The van der Waals surface area contributed by atoms with Gasteiger partial charge in [-0.25, -0.2) is 9.97 Å². The van der Waals surface area contributed by atoms with Crippen LogP contribution in [0.4, 0.5) is 5.82 Å². The van der Waals surface area contributed by atoms with Crippen LogP contribution >= 0.6 is 11.3 Å². The Balaban J connectivity index is 2.10. The number of pyridine rings is 1. The molecule has 6 heteroatoms. The van der Waals surface area contributed by atoms with Crippen molar-refractivity contribution >= 4 is 27.4 Å². The van der Waals surface area contributed by atoms with Crippen molar-refractivity contribution < 1.29 is 0 Å². The molecule has 5 nitrogen and oxygen atoms in total. The van der Waals surface area contributed by atoms with Gasteiger partial charge in [0.1, 0.15) is 10.6 Å². The molecule has 0 aliphatic carbocycles. The van der Waals surface area contributed by atoms with Crippen molar-refractivity contribution in [2.75, 3.05) is 11.9 Å². The van der Waals surface area contributed by atoms with E-state index in [1.54, 1.807) is 23.7 Å². The van der Waals surface area contributed by atoms with Gasteiger partial charge in [0.2, 0.25) is 0 Å². The lowest BCUT2D eigenvalue weighted by Crippen LogP contribution is -2.25. The predicted octanol–water partition coefficient (Wildman–Crippen LogP) is 3.07. The minimum absolute atomic E-state index is 0.0682. The Morgan fingerprint density at radius 3 is 2.73 bits per heavy atom. The number of fused-ring (bicyclic) bond motifs is 1. The van der Waals surface area contributed by atoms with Crippen molar-refractivity contribution in [1.29, 1.82) is 0 Å². The number of hydrogen-bond donors (Lipinski definition) is 2. The first-order valence-electron chi connectivity index (χ1n) is 7.37. The highest BCUT2D eigenvalue weighted by molar-refractivity contribution is 7.18. The Kier molecular flexibility index (Phi) is 4.31. The number of nitrogens with two attached hydrogens (primary N) is 1. The normalized spacial score (nSPS) is 12.5. The summed E-state index contributed by atoms with van der Waals surface area (Å²) in [6.07, 6.45) is 4.51. The first kappa shape index (κ1) is 14.9. The lowest BCUT2D eigenvalue weighted by atomic mass is 10.2. The second-order valence-corrected chi connectivity index (χ2v) is 6.39. The molecule has 0 bridgehead atoms. The van der Waals surface area contributed by atoms with Crippen LogP contribution in [-0.4, -0.2) is 27.5 Å². The third kappa shape index (κ3) is 3.08. The molecule has 3 N–H and O–H groups in total. The number of nitrogens with zero attached hydrogens (tertiary/aromatic N) is 3. The topological polar surface area (TPSA) is 76.7 Å². The zero-order valence-corrected chi connectivity index (χ0v) is 13.5. The van der Waals surface area contributed by atoms with Crippen LogP contribution in [0.1, 0.15) is 18.7 Å². The fourth-order valence-corrected chi connectivity index (χ4v) is 3.14. The maximum atomic E-state index is 5.85. The van der Waals surface area contributed by atoms with E-state index in [-0.39, 0.29) is 6.04 Å². The maximum Gasteiger partial charge on any atom is 0.163 e. The molecular weight excluding hydrogens is 294 g/mol. The molecule has 3 aromatic heterocycles. The zero-order valence-electron chi connectivity index (χ0n) is 12.7. The van der Waals surface area contributed by atoms with Gasteiger partial charge in [-0.2, -0.15) is 0 Å². The third-order valence-corrected chi connectivity index (χ3v) is 4.50. The molecule has 1 atom stereocenters. The van der Waals surface area contributed by atoms with Crippen molar-refractivity contribution in [3.8, 4) is 11.4 Å². The van der Waals surface area contributed by atoms with Crippen LogP contribution < -0.4 is 11.1 Å². The third-order valence-electron chi connectivity index (χ3n) is 3.32. The largest absolute Gasteiger partial charge is 0.368 e. The van der Waals surface area contributed by atoms with E-state index in [9.17, 15) is 0 Å². The molecular formula is C16H19N5S. The monoisotopic (exact) mass is 313 g/mol. The first-order chi connectivity index (χ1) is 10.7. The minimum Gasteiger partial charge on any atom is -0.368 e. The van der Waals surface area contributed by atoms with Gasteiger partial charge in [0.25, 0.3) is 0 Å². The lowest BCUT2D eigenvalue weighted by Gasteiger charge is -2.10. The van der Waals surface area contributed by atoms with Crippen LogP contribution in [0.2, 0.25) is 0 Å². The SMILES string of the molecule is CCc1cc2c(NC[C@@H](C)N)nc(-c3ccncc3)nc2s1. The zero-order chi connectivity index (χ0) is 15.5. The Hall–Kier alpha value is -2.05. The average Bonchev–Trinajstić information content (AvgIpc) is 2.96. The number of aromatic nitrogens is 3. The summed E-state index contributed by atoms with van der Waals surface area (Å²) in [5.41, 5.74) is 6.82. The van der Waals surface area contributed by atoms with Gasteiger partial charge in [0.15, 0.2) is 5.82 Å². The van der Waals surface area contributed by atoms with Gasteiger partial charge >= 0.3 is 0 Å². The number of thiophene rings is 1. The van der Waals surface area contributed by atoms with Crippen molar-refractivity contribution in [1.82, 2.24) is 15.0 Å². The molecule has 0 saturated carbocycles. The van der Waals surface area contributed by atoms with Crippen molar-refractivity contribution in [2.45, 2.75) is 26.3 Å². The molecule has 0 fully saturated rings. The van der Waals surface area contributed by atoms with E-state index in [1.165, 1.54) is 4.88 Å². The quantitative estimate of drug-likeness (QED) is 0.757. The van der Waals surface area contributed by atoms with E-state index in [0.29, 0.717) is 12.4 Å². The molecule has 3 aromatic rings. The number of nitrogens with one attached hydrogen (secondary N) is 1. The van der Waals surface area contributed by atoms with Crippen LogP contribution in [0.25, 0.3) is 21.6 Å². The summed E-state index contributed by atoms with van der Waals surface area (Å²) in [7, 11) is 0. The Bertz CT molecular complexity index is 767. The number of rotatable bonds is 5. The van der Waals surface area contributed by atoms with Crippen molar-refractivity contribution in [3.63, 3.8) is 0 Å². The minimum atomic E-state index is 0.0682. The molecule has 3 heterocycles. The molecule has 0 amide bonds. The summed E-state index contributed by atoms with van der Waals surface area (Å²) in [6.45, 7) is 4.80. The molecule has 0 spiro atoms. The molecule has 0 aliphatic rings. The molecule has 0 saturated heterocycles. The van der Waals surface area contributed by atoms with E-state index in [4.69, 9.17) is 15.7 Å². The molecule has 0 aromatic carbocycles. The van der Waals surface area contributed by atoms with Crippen LogP contribution in [0.15, 0.2) is 30.6 Å². The Labute approximate surface area is 133 Å². The van der Waals surface area contributed by atoms with Gasteiger partial charge in [0.05, 0.1) is 5.39 Å². The van der Waals surface area contributed by atoms with Gasteiger partial charge in [-0.3, -0.25) is 4.98 Å². The number of anilines is 1. The predicted molar refractivity (Wildman–Crippen MR) is 92.2 cm³/mol. The summed E-state index contributed by atoms with van der Waals surface area (Å²) in [5.74, 6) is 1.57. The highest BCUT2D eigenvalue weighted by atomic mass is 32.1. The van der Waals surface area contributed by atoms with E-state index in [1.807, 2.05) is 19.1 Å². The van der Waals surface area contributed by atoms with Crippen molar-refractivity contribution in [3.05, 3.63) is 35.5 Å². The molecule has 3 rings (SSSR count). The molecule has 0 radical (unpaired) electrons. The van der Waals surface area contributed by atoms with E-state index in [0.717, 1.165) is 28.0 Å². The van der Waals surface area contributed by atoms with Crippen molar-refractivity contribution in [2.24, 2.45) is 5.73 Å². The average molecular weight is 313 g/mol. The first-order valence-corrected chi connectivity index (χ1v) is 8.19. The van der Waals surface area contributed by atoms with E-state index >= 15 is 0 Å². The molecule has 0 unspecified atom stereocenters. The van der Waals surface area contributed by atoms with Gasteiger partial charge in [-0.05, 0) is 31.5 Å². The fourth-order valence-electron chi connectivity index (χ4n) is 2.17. The summed E-state index contributed by atoms with van der Waals surface area (Å²) >= 11 is 1.72. The molecule has 0 aliphatic heterocycles. The van der Waals surface area contributed by atoms with E-state index in [2.05, 4.69) is 23.3 Å². The lowest BCUT2D eigenvalue weighted by molar-refractivity contribution is 0.778.